The zero-order chi connectivity index (χ0) is 15.7. The van der Waals surface area contributed by atoms with E-state index in [2.05, 4.69) is 0 Å². The molecule has 1 aliphatic heterocycles. The number of carbonyl (C=O) groups is 1. The number of nitrogens with one attached hydrogen (secondary N) is 1. The number of fused-ring (bicyclic) bond motifs is 1. The quantitative estimate of drug-likeness (QED) is 0.658. The number of hydroxylamine groups is 1. The summed E-state index contributed by atoms with van der Waals surface area (Å²) >= 11 is 1.19. The Morgan fingerprint density at radius 1 is 1.27 bits per heavy atom. The second kappa shape index (κ2) is 5.81. The number of sulfonamides is 1. The molecule has 2 aromatic rings. The van der Waals surface area contributed by atoms with Crippen molar-refractivity contribution in [1.82, 2.24) is 9.79 Å². The summed E-state index contributed by atoms with van der Waals surface area (Å²) in [6.07, 6.45) is 0.598. The van der Waals surface area contributed by atoms with Crippen LogP contribution >= 0.6 is 11.3 Å². The normalized spacial score (nSPS) is 15.3. The topological polar surface area (TPSA) is 86.7 Å². The molecular weight excluding hydrogens is 324 g/mol. The van der Waals surface area contributed by atoms with E-state index in [0.29, 0.717) is 22.7 Å². The van der Waals surface area contributed by atoms with Crippen LogP contribution in [0.25, 0.3) is 0 Å². The van der Waals surface area contributed by atoms with Crippen molar-refractivity contribution in [1.29, 1.82) is 0 Å². The first-order valence-electron chi connectivity index (χ1n) is 6.62. The molecule has 3 rings (SSSR count). The molecule has 22 heavy (non-hydrogen) atoms. The molecule has 0 atom stereocenters. The van der Waals surface area contributed by atoms with Crippen molar-refractivity contribution >= 4 is 27.3 Å². The van der Waals surface area contributed by atoms with Crippen molar-refractivity contribution in [3.05, 3.63) is 52.4 Å². The molecule has 1 aliphatic rings. The van der Waals surface area contributed by atoms with Gasteiger partial charge in [0.05, 0.1) is 0 Å². The predicted octanol–water partition coefficient (Wildman–Crippen LogP) is 1.61. The zero-order valence-electron chi connectivity index (χ0n) is 11.5. The van der Waals surface area contributed by atoms with Crippen LogP contribution < -0.4 is 5.48 Å². The standard InChI is InChI=1S/C14H14N2O4S2/c17-14(15-18)11-4-3-10-5-6-16(9-12(10)8-11)22(19,20)13-2-1-7-21-13/h1-4,7-8,18H,5-6,9H2,(H,15,17). The Hall–Kier alpha value is -1.74. The van der Waals surface area contributed by atoms with Crippen molar-refractivity contribution in [2.75, 3.05) is 6.54 Å². The molecule has 0 saturated carbocycles. The van der Waals surface area contributed by atoms with E-state index in [9.17, 15) is 13.2 Å². The van der Waals surface area contributed by atoms with Crippen LogP contribution in [0.3, 0.4) is 0 Å². The van der Waals surface area contributed by atoms with Gasteiger partial charge in [-0.05, 0) is 41.1 Å². The maximum atomic E-state index is 12.6. The lowest BCUT2D eigenvalue weighted by atomic mass is 9.98. The fraction of sp³-hybridized carbons (Fsp3) is 0.214. The summed E-state index contributed by atoms with van der Waals surface area (Å²) in [4.78, 5) is 11.5. The maximum Gasteiger partial charge on any atom is 0.274 e. The minimum absolute atomic E-state index is 0.224. The van der Waals surface area contributed by atoms with Gasteiger partial charge in [0, 0.05) is 18.7 Å². The molecule has 0 bridgehead atoms. The summed E-state index contributed by atoms with van der Waals surface area (Å²) in [5.41, 5.74) is 3.69. The Morgan fingerprint density at radius 3 is 2.77 bits per heavy atom. The van der Waals surface area contributed by atoms with Crippen molar-refractivity contribution < 1.29 is 18.4 Å². The average Bonchev–Trinajstić information content (AvgIpc) is 3.08. The van der Waals surface area contributed by atoms with E-state index >= 15 is 0 Å². The van der Waals surface area contributed by atoms with E-state index in [4.69, 9.17) is 5.21 Å². The van der Waals surface area contributed by atoms with Crippen molar-refractivity contribution in [2.45, 2.75) is 17.2 Å². The smallest absolute Gasteiger partial charge is 0.274 e. The molecule has 2 N–H and O–H groups in total. The highest BCUT2D eigenvalue weighted by molar-refractivity contribution is 7.91. The average molecular weight is 338 g/mol. The Kier molecular flexibility index (Phi) is 4.00. The van der Waals surface area contributed by atoms with Crippen LogP contribution in [0.4, 0.5) is 0 Å². The first-order valence-corrected chi connectivity index (χ1v) is 8.94. The molecule has 116 valence electrons. The Labute approximate surface area is 132 Å². The molecule has 2 heterocycles. The van der Waals surface area contributed by atoms with Crippen LogP contribution in [-0.4, -0.2) is 30.4 Å². The lowest BCUT2D eigenvalue weighted by molar-refractivity contribution is 0.0706. The first kappa shape index (κ1) is 15.2. The Bertz CT molecular complexity index is 800. The molecule has 1 amide bonds. The van der Waals surface area contributed by atoms with E-state index in [1.54, 1.807) is 41.2 Å². The molecule has 1 aromatic heterocycles. The van der Waals surface area contributed by atoms with Crippen molar-refractivity contribution in [3.8, 4) is 0 Å². The van der Waals surface area contributed by atoms with E-state index < -0.39 is 15.9 Å². The summed E-state index contributed by atoms with van der Waals surface area (Å²) < 4.78 is 26.8. The fourth-order valence-electron chi connectivity index (χ4n) is 2.48. The van der Waals surface area contributed by atoms with Gasteiger partial charge >= 0.3 is 0 Å². The number of benzene rings is 1. The van der Waals surface area contributed by atoms with Crippen LogP contribution in [0.15, 0.2) is 39.9 Å². The number of nitrogens with zero attached hydrogens (tertiary/aromatic N) is 1. The minimum Gasteiger partial charge on any atom is -0.288 e. The summed E-state index contributed by atoms with van der Waals surface area (Å²) in [5.74, 6) is -0.610. The molecular formula is C14H14N2O4S2. The predicted molar refractivity (Wildman–Crippen MR) is 81.3 cm³/mol. The largest absolute Gasteiger partial charge is 0.288 e. The second-order valence-corrected chi connectivity index (χ2v) is 8.06. The van der Waals surface area contributed by atoms with Gasteiger partial charge in [-0.25, -0.2) is 13.9 Å². The van der Waals surface area contributed by atoms with Crippen LogP contribution in [0, 0.1) is 0 Å². The van der Waals surface area contributed by atoms with Gasteiger partial charge in [-0.3, -0.25) is 10.0 Å². The van der Waals surface area contributed by atoms with E-state index in [1.165, 1.54) is 15.6 Å². The van der Waals surface area contributed by atoms with E-state index in [-0.39, 0.29) is 6.54 Å². The van der Waals surface area contributed by atoms with Crippen LogP contribution in [0.2, 0.25) is 0 Å². The van der Waals surface area contributed by atoms with Gasteiger partial charge in [-0.15, -0.1) is 11.3 Å². The number of thiophene rings is 1. The summed E-state index contributed by atoms with van der Waals surface area (Å²) in [6.45, 7) is 0.640. The van der Waals surface area contributed by atoms with Crippen LogP contribution in [0.1, 0.15) is 21.5 Å². The third-order valence-electron chi connectivity index (χ3n) is 3.64. The van der Waals surface area contributed by atoms with Crippen molar-refractivity contribution in [3.63, 3.8) is 0 Å². The van der Waals surface area contributed by atoms with E-state index in [1.807, 2.05) is 0 Å². The van der Waals surface area contributed by atoms with Crippen LogP contribution in [0.5, 0.6) is 0 Å². The molecule has 0 fully saturated rings. The highest BCUT2D eigenvalue weighted by Gasteiger charge is 2.29. The molecule has 0 unspecified atom stereocenters. The highest BCUT2D eigenvalue weighted by atomic mass is 32.2. The number of amides is 1. The molecule has 6 nitrogen and oxygen atoms in total. The first-order chi connectivity index (χ1) is 10.5. The number of hydrogen-bond acceptors (Lipinski definition) is 5. The number of carbonyl (C=O) groups excluding carboxylic acids is 1. The summed E-state index contributed by atoms with van der Waals surface area (Å²) in [5, 5.41) is 10.4. The third kappa shape index (κ3) is 2.66. The van der Waals surface area contributed by atoms with Crippen molar-refractivity contribution in [2.24, 2.45) is 0 Å². The van der Waals surface area contributed by atoms with E-state index in [0.717, 1.165) is 11.1 Å². The zero-order valence-corrected chi connectivity index (χ0v) is 13.2. The van der Waals surface area contributed by atoms with Gasteiger partial charge in [0.15, 0.2) is 0 Å². The third-order valence-corrected chi connectivity index (χ3v) is 6.85. The van der Waals surface area contributed by atoms with Gasteiger partial charge in [0.2, 0.25) is 0 Å². The summed E-state index contributed by atoms with van der Waals surface area (Å²) in [6, 6.07) is 8.34. The molecule has 0 saturated heterocycles. The van der Waals surface area contributed by atoms with Gasteiger partial charge in [0.25, 0.3) is 15.9 Å². The fourth-order valence-corrected chi connectivity index (χ4v) is 5.04. The molecule has 0 spiro atoms. The monoisotopic (exact) mass is 338 g/mol. The van der Waals surface area contributed by atoms with Gasteiger partial charge < -0.3 is 0 Å². The molecule has 1 aromatic carbocycles. The maximum absolute atomic E-state index is 12.6. The lowest BCUT2D eigenvalue weighted by Crippen LogP contribution is -2.35. The van der Waals surface area contributed by atoms with Crippen LogP contribution in [-0.2, 0) is 23.0 Å². The lowest BCUT2D eigenvalue weighted by Gasteiger charge is -2.27. The van der Waals surface area contributed by atoms with Gasteiger partial charge in [0.1, 0.15) is 4.21 Å². The Balaban J connectivity index is 1.91. The molecule has 8 heteroatoms. The number of hydrogen-bond donors (Lipinski definition) is 2. The Morgan fingerprint density at radius 2 is 2.09 bits per heavy atom. The highest BCUT2D eigenvalue weighted by Crippen LogP contribution is 2.27. The van der Waals surface area contributed by atoms with Gasteiger partial charge in [-0.2, -0.15) is 4.31 Å². The van der Waals surface area contributed by atoms with Gasteiger partial charge in [-0.1, -0.05) is 12.1 Å². The minimum atomic E-state index is -3.50. The number of rotatable bonds is 3. The summed E-state index contributed by atoms with van der Waals surface area (Å²) in [7, 11) is -3.50. The molecule has 0 aliphatic carbocycles. The second-order valence-electron chi connectivity index (χ2n) is 4.95. The SMILES string of the molecule is O=C(NO)c1ccc2c(c1)CN(S(=O)(=O)c1cccs1)CC2. The molecule has 0 radical (unpaired) electrons.